The quantitative estimate of drug-likeness (QED) is 0.171. The first-order valence-electron chi connectivity index (χ1n) is 16.6. The summed E-state index contributed by atoms with van der Waals surface area (Å²) in [6, 6.07) is 70.7. The minimum absolute atomic E-state index is 1.22. The van der Waals surface area contributed by atoms with Crippen molar-refractivity contribution in [3.63, 3.8) is 0 Å². The fraction of sp³-hybridized carbons (Fsp3) is 0. The number of hydrogen-bond acceptors (Lipinski definition) is 0. The van der Waals surface area contributed by atoms with Crippen LogP contribution < -0.4 is 0 Å². The molecule has 224 valence electrons. The minimum atomic E-state index is 1.22. The zero-order chi connectivity index (χ0) is 31.9. The summed E-state index contributed by atoms with van der Waals surface area (Å²) in [7, 11) is 0. The lowest BCUT2D eigenvalue weighted by molar-refractivity contribution is 1.60. The van der Waals surface area contributed by atoms with E-state index in [1.807, 2.05) is 0 Å². The molecule has 0 nitrogen and oxygen atoms in total. The van der Waals surface area contributed by atoms with Crippen LogP contribution in [0.4, 0.5) is 0 Å². The van der Waals surface area contributed by atoms with Crippen LogP contribution in [0.2, 0.25) is 0 Å². The minimum Gasteiger partial charge on any atom is -0.0622 e. The summed E-state index contributed by atoms with van der Waals surface area (Å²) < 4.78 is 0. The lowest BCUT2D eigenvalue weighted by Crippen LogP contribution is -1.92. The van der Waals surface area contributed by atoms with Crippen LogP contribution in [0, 0.1) is 0 Å². The van der Waals surface area contributed by atoms with Crippen molar-refractivity contribution in [1.82, 2.24) is 0 Å². The van der Waals surface area contributed by atoms with Gasteiger partial charge in [0.25, 0.3) is 0 Å². The van der Waals surface area contributed by atoms with Crippen LogP contribution in [0.5, 0.6) is 0 Å². The maximum Gasteiger partial charge on any atom is -0.00259 e. The number of benzene rings is 9. The first kappa shape index (κ1) is 28.0. The predicted molar refractivity (Wildman–Crippen MR) is 206 cm³/mol. The molecule has 9 rings (SSSR count). The Hall–Kier alpha value is -6.24. The molecule has 48 heavy (non-hydrogen) atoms. The molecule has 0 unspecified atom stereocenters. The molecule has 0 aliphatic heterocycles. The van der Waals surface area contributed by atoms with Gasteiger partial charge in [0.15, 0.2) is 0 Å². The Morgan fingerprint density at radius 2 is 0.667 bits per heavy atom. The Kier molecular flexibility index (Phi) is 6.91. The van der Waals surface area contributed by atoms with Gasteiger partial charge in [-0.2, -0.15) is 0 Å². The third-order valence-corrected chi connectivity index (χ3v) is 9.66. The molecule has 0 fully saturated rings. The van der Waals surface area contributed by atoms with Crippen LogP contribution in [-0.2, 0) is 0 Å². The molecular weight excluding hydrogens is 577 g/mol. The van der Waals surface area contributed by atoms with Crippen molar-refractivity contribution in [2.24, 2.45) is 0 Å². The molecule has 0 atom stereocenters. The molecular formula is C48H32. The zero-order valence-electron chi connectivity index (χ0n) is 26.5. The Balaban J connectivity index is 1.30. The van der Waals surface area contributed by atoms with Gasteiger partial charge in [0, 0.05) is 0 Å². The third-order valence-electron chi connectivity index (χ3n) is 9.66. The van der Waals surface area contributed by atoms with Crippen molar-refractivity contribution in [2.75, 3.05) is 0 Å². The summed E-state index contributed by atoms with van der Waals surface area (Å²) >= 11 is 0. The van der Waals surface area contributed by atoms with Gasteiger partial charge in [-0.15, -0.1) is 0 Å². The van der Waals surface area contributed by atoms with E-state index in [1.165, 1.54) is 88.0 Å². The summed E-state index contributed by atoms with van der Waals surface area (Å²) in [5.74, 6) is 0. The fourth-order valence-electron chi connectivity index (χ4n) is 7.39. The molecule has 0 heteroatoms. The molecule has 0 N–H and O–H groups in total. The van der Waals surface area contributed by atoms with E-state index in [0.29, 0.717) is 0 Å². The molecule has 9 aromatic carbocycles. The van der Waals surface area contributed by atoms with Gasteiger partial charge in [0.2, 0.25) is 0 Å². The van der Waals surface area contributed by atoms with Crippen molar-refractivity contribution in [3.05, 3.63) is 194 Å². The maximum atomic E-state index is 2.40. The van der Waals surface area contributed by atoms with E-state index in [9.17, 15) is 0 Å². The first-order chi connectivity index (χ1) is 23.8. The molecule has 0 aliphatic carbocycles. The molecule has 9 aromatic rings. The zero-order valence-corrected chi connectivity index (χ0v) is 26.5. The van der Waals surface area contributed by atoms with E-state index >= 15 is 0 Å². The summed E-state index contributed by atoms with van der Waals surface area (Å²) in [5, 5.41) is 7.57. The second-order valence-corrected chi connectivity index (χ2v) is 12.5. The van der Waals surface area contributed by atoms with E-state index < -0.39 is 0 Å². The topological polar surface area (TPSA) is 0 Å². The normalized spacial score (nSPS) is 11.3. The monoisotopic (exact) mass is 608 g/mol. The van der Waals surface area contributed by atoms with Crippen molar-refractivity contribution in [3.8, 4) is 55.6 Å². The van der Waals surface area contributed by atoms with Gasteiger partial charge < -0.3 is 0 Å². The Morgan fingerprint density at radius 1 is 0.208 bits per heavy atom. The summed E-state index contributed by atoms with van der Waals surface area (Å²) in [5.41, 5.74) is 12.4. The number of rotatable bonds is 5. The van der Waals surface area contributed by atoms with Crippen LogP contribution in [0.15, 0.2) is 194 Å². The molecule has 0 bridgehead atoms. The summed E-state index contributed by atoms with van der Waals surface area (Å²) in [4.78, 5) is 0. The van der Waals surface area contributed by atoms with E-state index in [4.69, 9.17) is 0 Å². The average Bonchev–Trinajstić information content (AvgIpc) is 3.17. The lowest BCUT2D eigenvalue weighted by atomic mass is 9.84. The Bertz CT molecular complexity index is 2570. The van der Waals surface area contributed by atoms with Crippen LogP contribution in [0.3, 0.4) is 0 Å². The van der Waals surface area contributed by atoms with E-state index in [0.717, 1.165) is 0 Å². The molecule has 0 aliphatic rings. The van der Waals surface area contributed by atoms with Crippen LogP contribution >= 0.6 is 0 Å². The van der Waals surface area contributed by atoms with E-state index in [-0.39, 0.29) is 0 Å². The third kappa shape index (κ3) is 4.87. The molecule has 0 saturated carbocycles. The first-order valence-corrected chi connectivity index (χ1v) is 16.6. The summed E-state index contributed by atoms with van der Waals surface area (Å²) in [6.45, 7) is 0. The van der Waals surface area contributed by atoms with Crippen molar-refractivity contribution in [2.45, 2.75) is 0 Å². The molecule has 0 amide bonds. The smallest absolute Gasteiger partial charge is 0.00259 e. The predicted octanol–water partition coefficient (Wildman–Crippen LogP) is 13.5. The number of hydrogen-bond donors (Lipinski definition) is 0. The Morgan fingerprint density at radius 3 is 1.38 bits per heavy atom. The van der Waals surface area contributed by atoms with Crippen molar-refractivity contribution < 1.29 is 0 Å². The van der Waals surface area contributed by atoms with Gasteiger partial charge in [-0.25, -0.2) is 0 Å². The molecule has 0 aromatic heterocycles. The van der Waals surface area contributed by atoms with Crippen LogP contribution in [0.1, 0.15) is 0 Å². The van der Waals surface area contributed by atoms with Crippen molar-refractivity contribution >= 4 is 32.3 Å². The standard InChI is InChI=1S/C48H32/c1-3-13-33(14-4-1)38-19-11-20-40(31-38)48-44-23-10-9-22-43(44)47(45-30-29-39(32-46(45)48)34-15-5-2-6-16-34)37-27-25-36(26-28-37)42-24-12-18-35-17-7-8-21-41(35)42/h1-32H. The molecule has 0 saturated heterocycles. The van der Waals surface area contributed by atoms with E-state index in [1.54, 1.807) is 0 Å². The second-order valence-electron chi connectivity index (χ2n) is 12.5. The van der Waals surface area contributed by atoms with Gasteiger partial charge in [0.05, 0.1) is 0 Å². The van der Waals surface area contributed by atoms with Gasteiger partial charge in [0.1, 0.15) is 0 Å². The number of fused-ring (bicyclic) bond motifs is 3. The van der Waals surface area contributed by atoms with Crippen LogP contribution in [-0.4, -0.2) is 0 Å². The SMILES string of the molecule is c1ccc(-c2cccc(-c3c4ccccc4c(-c4ccc(-c5cccc6ccccc56)cc4)c4ccc(-c5ccccc5)cc34)c2)cc1. The Labute approximate surface area is 281 Å². The van der Waals surface area contributed by atoms with Gasteiger partial charge in [-0.3, -0.25) is 0 Å². The molecule has 0 radical (unpaired) electrons. The summed E-state index contributed by atoms with van der Waals surface area (Å²) in [6.07, 6.45) is 0. The van der Waals surface area contributed by atoms with Gasteiger partial charge in [-0.05, 0) is 100 Å². The largest absolute Gasteiger partial charge is 0.0622 e. The highest BCUT2D eigenvalue weighted by Crippen LogP contribution is 2.45. The van der Waals surface area contributed by atoms with Gasteiger partial charge >= 0.3 is 0 Å². The van der Waals surface area contributed by atoms with Crippen molar-refractivity contribution in [1.29, 1.82) is 0 Å². The highest BCUT2D eigenvalue weighted by atomic mass is 14.2. The van der Waals surface area contributed by atoms with E-state index in [2.05, 4.69) is 194 Å². The molecule has 0 spiro atoms. The molecule has 0 heterocycles. The lowest BCUT2D eigenvalue weighted by Gasteiger charge is -2.19. The van der Waals surface area contributed by atoms with Crippen LogP contribution in [0.25, 0.3) is 88.0 Å². The fourth-order valence-corrected chi connectivity index (χ4v) is 7.39. The second kappa shape index (κ2) is 11.8. The maximum absolute atomic E-state index is 2.40. The highest BCUT2D eigenvalue weighted by molar-refractivity contribution is 6.22. The average molecular weight is 609 g/mol. The van der Waals surface area contributed by atoms with Gasteiger partial charge in [-0.1, -0.05) is 182 Å². The highest BCUT2D eigenvalue weighted by Gasteiger charge is 2.18.